The van der Waals surface area contributed by atoms with Gasteiger partial charge in [-0.3, -0.25) is 0 Å². The molecule has 100 valence electrons. The molecular formula is C12H24N2O3. The highest BCUT2D eigenvalue weighted by molar-refractivity contribution is 5.82. The topological polar surface area (TPSA) is 78.4 Å². The third-order valence-electron chi connectivity index (χ3n) is 2.68. The van der Waals surface area contributed by atoms with Crippen LogP contribution < -0.4 is 10.6 Å². The fourth-order valence-corrected chi connectivity index (χ4v) is 1.61. The highest BCUT2D eigenvalue weighted by Gasteiger charge is 2.23. The van der Waals surface area contributed by atoms with Crippen molar-refractivity contribution < 1.29 is 14.7 Å². The second-order valence-corrected chi connectivity index (χ2v) is 4.57. The Bertz CT molecular complexity index is 254. The van der Waals surface area contributed by atoms with E-state index >= 15 is 0 Å². The normalized spacial score (nSPS) is 14.2. The van der Waals surface area contributed by atoms with Crippen LogP contribution in [0, 0.1) is 5.92 Å². The van der Waals surface area contributed by atoms with Crippen molar-refractivity contribution in [2.45, 2.75) is 59.0 Å². The molecule has 0 aromatic rings. The van der Waals surface area contributed by atoms with Gasteiger partial charge in [0.15, 0.2) is 0 Å². The van der Waals surface area contributed by atoms with Gasteiger partial charge in [0.1, 0.15) is 6.04 Å². The number of aliphatic carboxylic acids is 1. The van der Waals surface area contributed by atoms with E-state index in [-0.39, 0.29) is 12.0 Å². The summed E-state index contributed by atoms with van der Waals surface area (Å²) in [6.45, 7) is 7.58. The molecule has 0 rings (SSSR count). The van der Waals surface area contributed by atoms with E-state index in [1.165, 1.54) is 0 Å². The van der Waals surface area contributed by atoms with Gasteiger partial charge in [-0.2, -0.15) is 0 Å². The third kappa shape index (κ3) is 6.14. The van der Waals surface area contributed by atoms with Gasteiger partial charge in [-0.15, -0.1) is 0 Å². The summed E-state index contributed by atoms with van der Waals surface area (Å²) in [7, 11) is 0. The van der Waals surface area contributed by atoms with Crippen molar-refractivity contribution in [3.8, 4) is 0 Å². The van der Waals surface area contributed by atoms with E-state index in [0.29, 0.717) is 0 Å². The van der Waals surface area contributed by atoms with Gasteiger partial charge in [-0.1, -0.05) is 34.1 Å². The molecule has 0 aliphatic carbocycles. The molecule has 0 aliphatic heterocycles. The van der Waals surface area contributed by atoms with E-state index in [1.54, 1.807) is 13.8 Å². The Morgan fingerprint density at radius 1 is 1.18 bits per heavy atom. The lowest BCUT2D eigenvalue weighted by Gasteiger charge is -2.21. The van der Waals surface area contributed by atoms with Crippen LogP contribution in [0.3, 0.4) is 0 Å². The molecule has 17 heavy (non-hydrogen) atoms. The first-order valence-corrected chi connectivity index (χ1v) is 6.22. The average Bonchev–Trinajstić information content (AvgIpc) is 2.24. The Hall–Kier alpha value is -1.26. The van der Waals surface area contributed by atoms with Crippen LogP contribution in [0.5, 0.6) is 0 Å². The largest absolute Gasteiger partial charge is 0.480 e. The molecule has 2 atom stereocenters. The zero-order valence-electron chi connectivity index (χ0n) is 11.1. The number of hydrogen-bond donors (Lipinski definition) is 3. The molecule has 0 aromatic heterocycles. The second-order valence-electron chi connectivity index (χ2n) is 4.57. The number of urea groups is 1. The number of carboxylic acids is 1. The van der Waals surface area contributed by atoms with Gasteiger partial charge < -0.3 is 15.7 Å². The maximum atomic E-state index is 11.6. The third-order valence-corrected chi connectivity index (χ3v) is 2.68. The van der Waals surface area contributed by atoms with Crippen molar-refractivity contribution in [3.63, 3.8) is 0 Å². The molecule has 5 heteroatoms. The van der Waals surface area contributed by atoms with E-state index in [4.69, 9.17) is 5.11 Å². The zero-order valence-corrected chi connectivity index (χ0v) is 11.1. The zero-order chi connectivity index (χ0) is 13.4. The van der Waals surface area contributed by atoms with Gasteiger partial charge in [0.05, 0.1) is 0 Å². The van der Waals surface area contributed by atoms with Crippen molar-refractivity contribution >= 4 is 12.0 Å². The minimum absolute atomic E-state index is 0.113. The summed E-state index contributed by atoms with van der Waals surface area (Å²) in [6, 6.07) is -1.12. The Balaban J connectivity index is 4.27. The van der Waals surface area contributed by atoms with Crippen LogP contribution >= 0.6 is 0 Å². The molecule has 1 unspecified atom stereocenters. The quantitative estimate of drug-likeness (QED) is 0.640. The van der Waals surface area contributed by atoms with Gasteiger partial charge in [0, 0.05) is 6.04 Å². The highest BCUT2D eigenvalue weighted by Crippen LogP contribution is 2.03. The second kappa shape index (κ2) is 7.92. The first-order chi connectivity index (χ1) is 7.92. The molecule has 0 heterocycles. The molecule has 0 spiro atoms. The summed E-state index contributed by atoms with van der Waals surface area (Å²) < 4.78 is 0. The molecule has 0 saturated heterocycles. The standard InChI is InChI=1S/C12H24N2O3/c1-5-7-9(6-2)13-12(17)14-10(8(3)4)11(15)16/h8-10H,5-7H2,1-4H3,(H,15,16)(H2,13,14,17)/t9?,10-/m0/s1. The van der Waals surface area contributed by atoms with Crippen molar-refractivity contribution in [1.82, 2.24) is 10.6 Å². The number of carbonyl (C=O) groups excluding carboxylic acids is 1. The number of hydrogen-bond acceptors (Lipinski definition) is 2. The first-order valence-electron chi connectivity index (χ1n) is 6.22. The van der Waals surface area contributed by atoms with E-state index in [1.807, 2.05) is 6.92 Å². The fourth-order valence-electron chi connectivity index (χ4n) is 1.61. The molecule has 0 bridgehead atoms. The maximum absolute atomic E-state index is 11.6. The number of carbonyl (C=O) groups is 2. The molecular weight excluding hydrogens is 220 g/mol. The van der Waals surface area contributed by atoms with Crippen molar-refractivity contribution in [2.75, 3.05) is 0 Å². The molecule has 5 nitrogen and oxygen atoms in total. The summed E-state index contributed by atoms with van der Waals surface area (Å²) in [5, 5.41) is 14.2. The average molecular weight is 244 g/mol. The van der Waals surface area contributed by atoms with Gasteiger partial charge in [0.25, 0.3) is 0 Å². The molecule has 0 radical (unpaired) electrons. The number of carboxylic acid groups (broad SMARTS) is 1. The number of amides is 2. The van der Waals surface area contributed by atoms with Crippen LogP contribution in [-0.4, -0.2) is 29.2 Å². The Kier molecular flexibility index (Phi) is 7.34. The van der Waals surface area contributed by atoms with Crippen LogP contribution in [0.2, 0.25) is 0 Å². The Morgan fingerprint density at radius 2 is 1.76 bits per heavy atom. The summed E-state index contributed by atoms with van der Waals surface area (Å²) in [5.41, 5.74) is 0. The van der Waals surface area contributed by atoms with Crippen LogP contribution in [0.1, 0.15) is 47.0 Å². The Morgan fingerprint density at radius 3 is 2.12 bits per heavy atom. The summed E-state index contributed by atoms with van der Waals surface area (Å²) in [4.78, 5) is 22.5. The van der Waals surface area contributed by atoms with Crippen molar-refractivity contribution in [2.24, 2.45) is 5.92 Å². The van der Waals surface area contributed by atoms with E-state index in [9.17, 15) is 9.59 Å². The lowest BCUT2D eigenvalue weighted by molar-refractivity contribution is -0.140. The first kappa shape index (κ1) is 15.7. The van der Waals surface area contributed by atoms with Crippen LogP contribution in [-0.2, 0) is 4.79 Å². The fraction of sp³-hybridized carbons (Fsp3) is 0.833. The molecule has 2 amide bonds. The van der Waals surface area contributed by atoms with Crippen molar-refractivity contribution in [3.05, 3.63) is 0 Å². The molecule has 0 saturated carbocycles. The predicted octanol–water partition coefficient (Wildman–Crippen LogP) is 1.97. The Labute approximate surface area is 103 Å². The summed E-state index contributed by atoms with van der Waals surface area (Å²) in [5.74, 6) is -1.14. The highest BCUT2D eigenvalue weighted by atomic mass is 16.4. The predicted molar refractivity (Wildman–Crippen MR) is 66.9 cm³/mol. The lowest BCUT2D eigenvalue weighted by atomic mass is 10.1. The van der Waals surface area contributed by atoms with Gasteiger partial charge in [-0.25, -0.2) is 9.59 Å². The van der Waals surface area contributed by atoms with E-state index < -0.39 is 18.0 Å². The van der Waals surface area contributed by atoms with Gasteiger partial charge in [-0.05, 0) is 18.8 Å². The molecule has 0 aliphatic rings. The molecule has 0 fully saturated rings. The van der Waals surface area contributed by atoms with E-state index in [0.717, 1.165) is 19.3 Å². The summed E-state index contributed by atoms with van der Waals surface area (Å²) in [6.07, 6.45) is 2.75. The SMILES string of the molecule is CCCC(CC)NC(=O)N[C@H](C(=O)O)C(C)C. The van der Waals surface area contributed by atoms with Gasteiger partial charge >= 0.3 is 12.0 Å². The van der Waals surface area contributed by atoms with Crippen LogP contribution in [0.15, 0.2) is 0 Å². The lowest BCUT2D eigenvalue weighted by Crippen LogP contribution is -2.50. The number of nitrogens with one attached hydrogen (secondary N) is 2. The maximum Gasteiger partial charge on any atom is 0.326 e. The van der Waals surface area contributed by atoms with Gasteiger partial charge in [0.2, 0.25) is 0 Å². The van der Waals surface area contributed by atoms with Crippen LogP contribution in [0.4, 0.5) is 4.79 Å². The number of rotatable bonds is 7. The molecule has 3 N–H and O–H groups in total. The summed E-state index contributed by atoms with van der Waals surface area (Å²) >= 11 is 0. The van der Waals surface area contributed by atoms with E-state index in [2.05, 4.69) is 17.6 Å². The minimum Gasteiger partial charge on any atom is -0.480 e. The monoisotopic (exact) mass is 244 g/mol. The van der Waals surface area contributed by atoms with Crippen LogP contribution in [0.25, 0.3) is 0 Å². The minimum atomic E-state index is -1.00. The molecule has 0 aromatic carbocycles. The van der Waals surface area contributed by atoms with Crippen molar-refractivity contribution in [1.29, 1.82) is 0 Å². The smallest absolute Gasteiger partial charge is 0.326 e.